The number of piperidine rings is 1. The summed E-state index contributed by atoms with van der Waals surface area (Å²) >= 11 is 0. The fraction of sp³-hybridized carbons (Fsp3) is 0.643. The van der Waals surface area contributed by atoms with Gasteiger partial charge in [0, 0.05) is 38.1 Å². The molecular formula is C28H40N4O2. The monoisotopic (exact) mass is 464 g/mol. The van der Waals surface area contributed by atoms with E-state index in [2.05, 4.69) is 22.0 Å². The van der Waals surface area contributed by atoms with Crippen LogP contribution in [0, 0.1) is 17.8 Å². The van der Waals surface area contributed by atoms with Crippen molar-refractivity contribution in [3.05, 3.63) is 35.9 Å². The Labute approximate surface area is 203 Å². The van der Waals surface area contributed by atoms with Gasteiger partial charge in [-0.25, -0.2) is 4.98 Å². The van der Waals surface area contributed by atoms with Crippen LogP contribution in [0.15, 0.2) is 30.3 Å². The van der Waals surface area contributed by atoms with E-state index in [1.165, 1.54) is 32.1 Å². The average molecular weight is 465 g/mol. The Kier molecular flexibility index (Phi) is 7.35. The molecule has 5 rings (SSSR count). The van der Waals surface area contributed by atoms with Gasteiger partial charge in [-0.3, -0.25) is 9.69 Å². The van der Waals surface area contributed by atoms with Gasteiger partial charge >= 0.3 is 0 Å². The van der Waals surface area contributed by atoms with Crippen LogP contribution >= 0.6 is 0 Å². The standard InChI is InChI=1S/C28H40N4O2/c1-20-6-8-22(9-7-20)17-29-28(34)25-16-27(30-26-5-3-2-4-24(25)26)32-14-11-21(12-15-32)10-13-31-18-23(33)19-31/h2-5,16,20-23,33H,6-15,17-19H2,1H3,(H,29,34). The third-order valence-corrected chi connectivity index (χ3v) is 8.36. The van der Waals surface area contributed by atoms with Crippen LogP contribution in [0.3, 0.4) is 0 Å². The van der Waals surface area contributed by atoms with Crippen LogP contribution in [0.5, 0.6) is 0 Å². The van der Waals surface area contributed by atoms with Gasteiger partial charge in [0.15, 0.2) is 0 Å². The maximum Gasteiger partial charge on any atom is 0.252 e. The Morgan fingerprint density at radius 3 is 2.53 bits per heavy atom. The second-order valence-corrected chi connectivity index (χ2v) is 11.0. The van der Waals surface area contributed by atoms with E-state index in [4.69, 9.17) is 4.98 Å². The van der Waals surface area contributed by atoms with E-state index in [0.29, 0.717) is 5.92 Å². The van der Waals surface area contributed by atoms with E-state index in [9.17, 15) is 9.90 Å². The first-order valence-electron chi connectivity index (χ1n) is 13.4. The first-order chi connectivity index (χ1) is 16.5. The molecule has 2 N–H and O–H groups in total. The minimum absolute atomic E-state index is 0.0325. The second-order valence-electron chi connectivity index (χ2n) is 11.0. The number of pyridine rings is 1. The molecule has 0 unspecified atom stereocenters. The van der Waals surface area contributed by atoms with Crippen molar-refractivity contribution in [2.45, 2.75) is 58.0 Å². The van der Waals surface area contributed by atoms with Crippen molar-refractivity contribution in [2.75, 3.05) is 44.2 Å². The Morgan fingerprint density at radius 2 is 1.79 bits per heavy atom. The van der Waals surface area contributed by atoms with Gasteiger partial charge in [0.1, 0.15) is 5.82 Å². The SMILES string of the molecule is CC1CCC(CNC(=O)c2cc(N3CCC(CCN4CC(O)C4)CC3)nc3ccccc23)CC1. The molecule has 2 saturated heterocycles. The molecule has 6 nitrogen and oxygen atoms in total. The number of likely N-dealkylation sites (tertiary alicyclic amines) is 1. The number of nitrogens with one attached hydrogen (secondary N) is 1. The summed E-state index contributed by atoms with van der Waals surface area (Å²) < 4.78 is 0. The summed E-state index contributed by atoms with van der Waals surface area (Å²) in [7, 11) is 0. The Balaban J connectivity index is 1.22. The molecule has 3 heterocycles. The van der Waals surface area contributed by atoms with Crippen molar-refractivity contribution in [2.24, 2.45) is 17.8 Å². The summed E-state index contributed by atoms with van der Waals surface area (Å²) in [4.78, 5) is 22.9. The second kappa shape index (κ2) is 10.6. The van der Waals surface area contributed by atoms with Gasteiger partial charge in [-0.15, -0.1) is 0 Å². The smallest absolute Gasteiger partial charge is 0.252 e. The summed E-state index contributed by atoms with van der Waals surface area (Å²) in [6.45, 7) is 7.85. The van der Waals surface area contributed by atoms with E-state index >= 15 is 0 Å². The molecule has 0 bridgehead atoms. The maximum absolute atomic E-state index is 13.3. The van der Waals surface area contributed by atoms with Crippen molar-refractivity contribution >= 4 is 22.6 Å². The van der Waals surface area contributed by atoms with Gasteiger partial charge in [-0.05, 0) is 68.5 Å². The third-order valence-electron chi connectivity index (χ3n) is 8.36. The lowest BCUT2D eigenvalue weighted by Crippen LogP contribution is -2.51. The highest BCUT2D eigenvalue weighted by Gasteiger charge is 2.27. The number of para-hydroxylation sites is 1. The van der Waals surface area contributed by atoms with Crippen LogP contribution in [0.2, 0.25) is 0 Å². The zero-order chi connectivity index (χ0) is 23.5. The first kappa shape index (κ1) is 23.6. The number of hydrogen-bond donors (Lipinski definition) is 2. The minimum atomic E-state index is -0.112. The van der Waals surface area contributed by atoms with Crippen LogP contribution in [0.4, 0.5) is 5.82 Å². The molecule has 0 radical (unpaired) electrons. The zero-order valence-electron chi connectivity index (χ0n) is 20.6. The number of nitrogens with zero attached hydrogens (tertiary/aromatic N) is 3. The molecule has 6 heteroatoms. The first-order valence-corrected chi connectivity index (χ1v) is 13.4. The van der Waals surface area contributed by atoms with Crippen molar-refractivity contribution in [1.29, 1.82) is 0 Å². The van der Waals surface area contributed by atoms with Crippen LogP contribution in [-0.4, -0.2) is 66.3 Å². The van der Waals surface area contributed by atoms with Gasteiger partial charge in [0.25, 0.3) is 5.91 Å². The molecule has 1 aromatic heterocycles. The highest BCUT2D eigenvalue weighted by Crippen LogP contribution is 2.30. The van der Waals surface area contributed by atoms with Gasteiger partial charge in [0.2, 0.25) is 0 Å². The van der Waals surface area contributed by atoms with Crippen molar-refractivity contribution < 1.29 is 9.90 Å². The highest BCUT2D eigenvalue weighted by atomic mass is 16.3. The molecule has 3 fully saturated rings. The molecule has 0 spiro atoms. The van der Waals surface area contributed by atoms with Gasteiger partial charge in [-0.1, -0.05) is 38.0 Å². The summed E-state index contributed by atoms with van der Waals surface area (Å²) in [6.07, 6.45) is 8.41. The van der Waals surface area contributed by atoms with Gasteiger partial charge < -0.3 is 15.3 Å². The highest BCUT2D eigenvalue weighted by molar-refractivity contribution is 6.07. The fourth-order valence-corrected chi connectivity index (χ4v) is 5.92. The normalized spacial score (nSPS) is 24.8. The van der Waals surface area contributed by atoms with E-state index < -0.39 is 0 Å². The average Bonchev–Trinajstić information content (AvgIpc) is 2.85. The summed E-state index contributed by atoms with van der Waals surface area (Å²) in [6, 6.07) is 10.0. The number of amides is 1. The molecule has 1 aliphatic carbocycles. The fourth-order valence-electron chi connectivity index (χ4n) is 5.92. The van der Waals surface area contributed by atoms with Crippen LogP contribution in [0.25, 0.3) is 10.9 Å². The molecule has 0 atom stereocenters. The molecule has 2 aromatic rings. The number of carbonyl (C=O) groups is 1. The molecule has 3 aliphatic rings. The molecular weight excluding hydrogens is 424 g/mol. The Morgan fingerprint density at radius 1 is 1.06 bits per heavy atom. The molecule has 1 saturated carbocycles. The number of aliphatic hydroxyl groups excluding tert-OH is 1. The van der Waals surface area contributed by atoms with Gasteiger partial charge in [-0.2, -0.15) is 0 Å². The third kappa shape index (κ3) is 5.55. The zero-order valence-corrected chi connectivity index (χ0v) is 20.6. The van der Waals surface area contributed by atoms with Crippen molar-refractivity contribution in [1.82, 2.24) is 15.2 Å². The van der Waals surface area contributed by atoms with Crippen LogP contribution in [0.1, 0.15) is 62.2 Å². The molecule has 34 heavy (non-hydrogen) atoms. The summed E-state index contributed by atoms with van der Waals surface area (Å²) in [5, 5.41) is 13.7. The number of anilines is 1. The van der Waals surface area contributed by atoms with E-state index in [1.54, 1.807) is 0 Å². The number of fused-ring (bicyclic) bond motifs is 1. The lowest BCUT2D eigenvalue weighted by Gasteiger charge is -2.38. The number of β-amino-alcohol motifs (C(OH)–C–C–N with tert-alkyl or cyclic N) is 1. The number of hydrogen-bond acceptors (Lipinski definition) is 5. The van der Waals surface area contributed by atoms with E-state index in [0.717, 1.165) is 86.2 Å². The quantitative estimate of drug-likeness (QED) is 0.646. The molecule has 1 aromatic carbocycles. The number of benzene rings is 1. The predicted octanol–water partition coefficient (Wildman–Crippen LogP) is 4.07. The van der Waals surface area contributed by atoms with E-state index in [-0.39, 0.29) is 12.0 Å². The van der Waals surface area contributed by atoms with Crippen molar-refractivity contribution in [3.8, 4) is 0 Å². The lowest BCUT2D eigenvalue weighted by molar-refractivity contribution is -0.00111. The van der Waals surface area contributed by atoms with E-state index in [1.807, 2.05) is 30.3 Å². The number of aliphatic hydroxyl groups is 1. The van der Waals surface area contributed by atoms with Crippen molar-refractivity contribution in [3.63, 3.8) is 0 Å². The maximum atomic E-state index is 13.3. The Bertz CT molecular complexity index is 974. The van der Waals surface area contributed by atoms with Crippen LogP contribution in [-0.2, 0) is 0 Å². The molecule has 2 aliphatic heterocycles. The largest absolute Gasteiger partial charge is 0.390 e. The molecule has 1 amide bonds. The summed E-state index contributed by atoms with van der Waals surface area (Å²) in [5.41, 5.74) is 1.65. The minimum Gasteiger partial charge on any atom is -0.390 e. The number of rotatable bonds is 7. The molecule has 184 valence electrons. The lowest BCUT2D eigenvalue weighted by atomic mass is 9.83. The Hall–Kier alpha value is -2.18. The topological polar surface area (TPSA) is 68.7 Å². The summed E-state index contributed by atoms with van der Waals surface area (Å²) in [5.74, 6) is 3.12. The van der Waals surface area contributed by atoms with Crippen LogP contribution < -0.4 is 10.2 Å². The predicted molar refractivity (Wildman–Crippen MR) is 137 cm³/mol. The number of aromatic nitrogens is 1. The van der Waals surface area contributed by atoms with Gasteiger partial charge in [0.05, 0.1) is 17.2 Å². The number of carbonyl (C=O) groups excluding carboxylic acids is 1.